The molecule has 4 heteroatoms. The topological polar surface area (TPSA) is 49.6 Å². The lowest BCUT2D eigenvalue weighted by Gasteiger charge is -2.34. The van der Waals surface area contributed by atoms with Crippen LogP contribution in [0.15, 0.2) is 0 Å². The number of carbonyl (C=O) groups excluding carboxylic acids is 1. The van der Waals surface area contributed by atoms with Gasteiger partial charge in [-0.25, -0.2) is 0 Å². The monoisotopic (exact) mass is 253 g/mol. The van der Waals surface area contributed by atoms with Crippen molar-refractivity contribution in [2.24, 2.45) is 5.73 Å². The molecule has 0 aromatic heterocycles. The van der Waals surface area contributed by atoms with E-state index in [1.54, 1.807) is 0 Å². The minimum absolute atomic E-state index is 0.355. The Kier molecular flexibility index (Phi) is 5.01. The van der Waals surface area contributed by atoms with Gasteiger partial charge in [0.25, 0.3) is 0 Å². The number of nitrogens with two attached hydrogens (primary N) is 1. The standard InChI is InChI=1S/C14H27N3O/c1-2-3-4-14(18)17-10-7-13(11-17)16-8-5-12(15)6-9-16/h12-13H,2-11,15H2,1H3. The molecule has 104 valence electrons. The molecule has 2 fully saturated rings. The summed E-state index contributed by atoms with van der Waals surface area (Å²) in [5, 5.41) is 0. The van der Waals surface area contributed by atoms with Crippen LogP contribution in [-0.4, -0.2) is 54.0 Å². The molecule has 1 unspecified atom stereocenters. The Hall–Kier alpha value is -0.610. The summed E-state index contributed by atoms with van der Waals surface area (Å²) in [5.41, 5.74) is 5.93. The molecule has 18 heavy (non-hydrogen) atoms. The molecule has 0 spiro atoms. The van der Waals surface area contributed by atoms with E-state index in [4.69, 9.17) is 5.73 Å². The molecule has 0 aromatic rings. The molecule has 2 aliphatic rings. The van der Waals surface area contributed by atoms with E-state index in [1.807, 2.05) is 0 Å². The minimum Gasteiger partial charge on any atom is -0.341 e. The lowest BCUT2D eigenvalue weighted by molar-refractivity contribution is -0.130. The Bertz CT molecular complexity index is 274. The smallest absolute Gasteiger partial charge is 0.222 e. The average molecular weight is 253 g/mol. The number of hydrogen-bond donors (Lipinski definition) is 1. The van der Waals surface area contributed by atoms with Gasteiger partial charge in [-0.3, -0.25) is 9.69 Å². The van der Waals surface area contributed by atoms with Crippen LogP contribution < -0.4 is 5.73 Å². The minimum atomic E-state index is 0.355. The summed E-state index contributed by atoms with van der Waals surface area (Å²) in [6.45, 7) is 6.26. The maximum atomic E-state index is 12.0. The van der Waals surface area contributed by atoms with E-state index in [9.17, 15) is 4.79 Å². The SMILES string of the molecule is CCCCC(=O)N1CCC(N2CCC(N)CC2)C1. The Morgan fingerprint density at radius 2 is 1.94 bits per heavy atom. The second kappa shape index (κ2) is 6.53. The predicted octanol–water partition coefficient (Wildman–Crippen LogP) is 1.20. The first kappa shape index (κ1) is 13.8. The van der Waals surface area contributed by atoms with E-state index >= 15 is 0 Å². The maximum Gasteiger partial charge on any atom is 0.222 e. The molecule has 2 rings (SSSR count). The Morgan fingerprint density at radius 1 is 1.22 bits per heavy atom. The van der Waals surface area contributed by atoms with Gasteiger partial charge in [0.2, 0.25) is 5.91 Å². The summed E-state index contributed by atoms with van der Waals surface area (Å²) >= 11 is 0. The molecule has 2 heterocycles. The van der Waals surface area contributed by atoms with Gasteiger partial charge in [-0.05, 0) is 38.8 Å². The highest BCUT2D eigenvalue weighted by molar-refractivity contribution is 5.76. The molecule has 0 saturated carbocycles. The van der Waals surface area contributed by atoms with Crippen molar-refractivity contribution in [2.75, 3.05) is 26.2 Å². The summed E-state index contributed by atoms with van der Waals surface area (Å²) in [6, 6.07) is 0.980. The van der Waals surface area contributed by atoms with Gasteiger partial charge < -0.3 is 10.6 Å². The molecular formula is C14H27N3O. The first-order valence-electron chi connectivity index (χ1n) is 7.48. The number of unbranched alkanes of at least 4 members (excludes halogenated alkanes) is 1. The van der Waals surface area contributed by atoms with Gasteiger partial charge in [0, 0.05) is 31.6 Å². The van der Waals surface area contributed by atoms with Crippen molar-refractivity contribution in [1.29, 1.82) is 0 Å². The molecule has 2 aliphatic heterocycles. The van der Waals surface area contributed by atoms with E-state index in [2.05, 4.69) is 16.7 Å². The molecule has 2 saturated heterocycles. The first-order chi connectivity index (χ1) is 8.70. The van der Waals surface area contributed by atoms with Crippen molar-refractivity contribution in [3.63, 3.8) is 0 Å². The quantitative estimate of drug-likeness (QED) is 0.819. The van der Waals surface area contributed by atoms with E-state index < -0.39 is 0 Å². The van der Waals surface area contributed by atoms with Crippen molar-refractivity contribution in [3.8, 4) is 0 Å². The predicted molar refractivity (Wildman–Crippen MR) is 73.3 cm³/mol. The van der Waals surface area contributed by atoms with Crippen LogP contribution in [0.25, 0.3) is 0 Å². The normalized spacial score (nSPS) is 26.8. The largest absolute Gasteiger partial charge is 0.341 e. The van der Waals surface area contributed by atoms with Crippen molar-refractivity contribution in [3.05, 3.63) is 0 Å². The molecule has 4 nitrogen and oxygen atoms in total. The zero-order chi connectivity index (χ0) is 13.0. The molecule has 0 radical (unpaired) electrons. The molecule has 1 amide bonds. The Morgan fingerprint density at radius 3 is 2.61 bits per heavy atom. The van der Waals surface area contributed by atoms with Crippen LogP contribution in [-0.2, 0) is 4.79 Å². The van der Waals surface area contributed by atoms with Crippen LogP contribution in [0, 0.1) is 0 Å². The molecule has 0 aromatic carbocycles. The number of piperidine rings is 1. The van der Waals surface area contributed by atoms with Gasteiger partial charge in [-0.1, -0.05) is 13.3 Å². The third kappa shape index (κ3) is 3.45. The summed E-state index contributed by atoms with van der Waals surface area (Å²) in [6.07, 6.45) is 6.23. The highest BCUT2D eigenvalue weighted by atomic mass is 16.2. The lowest BCUT2D eigenvalue weighted by atomic mass is 10.0. The van der Waals surface area contributed by atoms with Crippen molar-refractivity contribution in [1.82, 2.24) is 9.80 Å². The van der Waals surface area contributed by atoms with Gasteiger partial charge in [-0.2, -0.15) is 0 Å². The van der Waals surface area contributed by atoms with E-state index in [0.717, 1.165) is 64.7 Å². The third-order valence-electron chi connectivity index (χ3n) is 4.35. The van der Waals surface area contributed by atoms with Gasteiger partial charge in [0.1, 0.15) is 0 Å². The third-order valence-corrected chi connectivity index (χ3v) is 4.35. The molecule has 0 aliphatic carbocycles. The van der Waals surface area contributed by atoms with Crippen molar-refractivity contribution >= 4 is 5.91 Å². The molecule has 1 atom stereocenters. The van der Waals surface area contributed by atoms with Gasteiger partial charge >= 0.3 is 0 Å². The van der Waals surface area contributed by atoms with Gasteiger partial charge in [0.05, 0.1) is 0 Å². The highest BCUT2D eigenvalue weighted by Gasteiger charge is 2.31. The number of nitrogens with zero attached hydrogens (tertiary/aromatic N) is 2. The van der Waals surface area contributed by atoms with Crippen LogP contribution in [0.4, 0.5) is 0 Å². The number of carbonyl (C=O) groups is 1. The lowest BCUT2D eigenvalue weighted by Crippen LogP contribution is -2.46. The molecular weight excluding hydrogens is 226 g/mol. The Balaban J connectivity index is 1.76. The zero-order valence-corrected chi connectivity index (χ0v) is 11.6. The highest BCUT2D eigenvalue weighted by Crippen LogP contribution is 2.20. The second-order valence-corrected chi connectivity index (χ2v) is 5.76. The van der Waals surface area contributed by atoms with Crippen LogP contribution in [0.5, 0.6) is 0 Å². The first-order valence-corrected chi connectivity index (χ1v) is 7.48. The van der Waals surface area contributed by atoms with Gasteiger partial charge in [0.15, 0.2) is 0 Å². The van der Waals surface area contributed by atoms with Crippen LogP contribution in [0.3, 0.4) is 0 Å². The van der Waals surface area contributed by atoms with Crippen LogP contribution in [0.1, 0.15) is 45.4 Å². The van der Waals surface area contributed by atoms with E-state index in [1.165, 1.54) is 0 Å². The number of hydrogen-bond acceptors (Lipinski definition) is 3. The summed E-state index contributed by atoms with van der Waals surface area (Å²) in [5.74, 6) is 0.355. The molecule has 0 bridgehead atoms. The second-order valence-electron chi connectivity index (χ2n) is 5.76. The van der Waals surface area contributed by atoms with Crippen LogP contribution >= 0.6 is 0 Å². The zero-order valence-electron chi connectivity index (χ0n) is 11.6. The maximum absolute atomic E-state index is 12.0. The van der Waals surface area contributed by atoms with Crippen molar-refractivity contribution < 1.29 is 4.79 Å². The fraction of sp³-hybridized carbons (Fsp3) is 0.929. The van der Waals surface area contributed by atoms with Crippen LogP contribution in [0.2, 0.25) is 0 Å². The molecule has 2 N–H and O–H groups in total. The van der Waals surface area contributed by atoms with Gasteiger partial charge in [-0.15, -0.1) is 0 Å². The van der Waals surface area contributed by atoms with E-state index in [-0.39, 0.29) is 0 Å². The summed E-state index contributed by atoms with van der Waals surface area (Å²) in [7, 11) is 0. The van der Waals surface area contributed by atoms with Crippen molar-refractivity contribution in [2.45, 2.75) is 57.5 Å². The summed E-state index contributed by atoms with van der Waals surface area (Å²) in [4.78, 5) is 16.6. The number of rotatable bonds is 4. The number of likely N-dealkylation sites (tertiary alicyclic amines) is 2. The average Bonchev–Trinajstić information content (AvgIpc) is 2.86. The fourth-order valence-electron chi connectivity index (χ4n) is 3.04. The Labute approximate surface area is 110 Å². The summed E-state index contributed by atoms with van der Waals surface area (Å²) < 4.78 is 0. The number of amides is 1. The fourth-order valence-corrected chi connectivity index (χ4v) is 3.04. The van der Waals surface area contributed by atoms with E-state index in [0.29, 0.717) is 18.0 Å².